The topological polar surface area (TPSA) is 59.0 Å². The fourth-order valence-electron chi connectivity index (χ4n) is 3.08. The Morgan fingerprint density at radius 3 is 2.50 bits per heavy atom. The van der Waals surface area contributed by atoms with Gasteiger partial charge in [-0.3, -0.25) is 10.5 Å². The van der Waals surface area contributed by atoms with E-state index in [0.717, 1.165) is 22.8 Å². The second-order valence-corrected chi connectivity index (χ2v) is 6.10. The number of nitrogens with one attached hydrogen (secondary N) is 2. The van der Waals surface area contributed by atoms with Crippen molar-refractivity contribution in [3.8, 4) is 0 Å². The Morgan fingerprint density at radius 1 is 1.00 bits per heavy atom. The summed E-state index contributed by atoms with van der Waals surface area (Å²) in [6.45, 7) is 4.74. The summed E-state index contributed by atoms with van der Waals surface area (Å²) in [6, 6.07) is 16.5. The number of aromatic amines is 1. The number of rotatable bonds is 2. The fourth-order valence-corrected chi connectivity index (χ4v) is 3.08. The third kappa shape index (κ3) is 2.25. The SMILES string of the molecule is Cc1ccc(N2CN(c3ccccc3C)c3[nH]ncc3C2=N)cc1. The monoisotopic (exact) mass is 317 g/mol. The van der Waals surface area contributed by atoms with Crippen LogP contribution < -0.4 is 9.80 Å². The molecule has 1 aromatic heterocycles. The molecule has 2 heterocycles. The maximum absolute atomic E-state index is 8.58. The van der Waals surface area contributed by atoms with Crippen molar-refractivity contribution in [3.05, 3.63) is 71.4 Å². The molecule has 5 nitrogen and oxygen atoms in total. The fraction of sp³-hybridized carbons (Fsp3) is 0.158. The average molecular weight is 317 g/mol. The molecule has 1 aliphatic rings. The van der Waals surface area contributed by atoms with Gasteiger partial charge in [0.15, 0.2) is 0 Å². The van der Waals surface area contributed by atoms with E-state index in [0.29, 0.717) is 12.5 Å². The van der Waals surface area contributed by atoms with Crippen LogP contribution in [0.5, 0.6) is 0 Å². The first kappa shape index (κ1) is 14.5. The average Bonchev–Trinajstić information content (AvgIpc) is 3.08. The van der Waals surface area contributed by atoms with Gasteiger partial charge in [-0.05, 0) is 37.6 Å². The van der Waals surface area contributed by atoms with Crippen molar-refractivity contribution in [2.75, 3.05) is 16.5 Å². The molecule has 0 bridgehead atoms. The number of amidine groups is 1. The second kappa shape index (κ2) is 5.53. The van der Waals surface area contributed by atoms with Gasteiger partial charge in [-0.15, -0.1) is 0 Å². The van der Waals surface area contributed by atoms with Crippen molar-refractivity contribution in [2.45, 2.75) is 13.8 Å². The summed E-state index contributed by atoms with van der Waals surface area (Å²) in [5.74, 6) is 1.34. The van der Waals surface area contributed by atoms with Gasteiger partial charge in [-0.2, -0.15) is 5.10 Å². The largest absolute Gasteiger partial charge is 0.308 e. The summed E-state index contributed by atoms with van der Waals surface area (Å²) in [5, 5.41) is 15.8. The number of benzene rings is 2. The maximum Gasteiger partial charge on any atom is 0.141 e. The third-order valence-corrected chi connectivity index (χ3v) is 4.45. The molecule has 0 unspecified atom stereocenters. The van der Waals surface area contributed by atoms with Gasteiger partial charge in [0.05, 0.1) is 11.8 Å². The molecule has 3 aromatic rings. The van der Waals surface area contributed by atoms with Gasteiger partial charge in [0.2, 0.25) is 0 Å². The van der Waals surface area contributed by atoms with E-state index in [1.54, 1.807) is 6.20 Å². The standard InChI is InChI=1S/C19H19N5/c1-13-7-9-15(10-8-13)23-12-24(17-6-4-3-5-14(17)2)19-16(18(23)20)11-21-22-19/h3-11,20H,12H2,1-2H3,(H,21,22). The minimum Gasteiger partial charge on any atom is -0.308 e. The first-order valence-corrected chi connectivity index (χ1v) is 7.95. The number of aryl methyl sites for hydroxylation is 2. The minimum absolute atomic E-state index is 0.465. The molecule has 0 atom stereocenters. The van der Waals surface area contributed by atoms with Crippen LogP contribution in [0.4, 0.5) is 17.2 Å². The summed E-state index contributed by atoms with van der Waals surface area (Å²) >= 11 is 0. The Morgan fingerprint density at radius 2 is 1.75 bits per heavy atom. The highest BCUT2D eigenvalue weighted by molar-refractivity contribution is 6.13. The van der Waals surface area contributed by atoms with Crippen LogP contribution in [0.3, 0.4) is 0 Å². The Hall–Kier alpha value is -3.08. The van der Waals surface area contributed by atoms with Crippen LogP contribution in [0.25, 0.3) is 0 Å². The van der Waals surface area contributed by atoms with E-state index >= 15 is 0 Å². The van der Waals surface area contributed by atoms with Crippen LogP contribution in [0.1, 0.15) is 16.7 Å². The molecule has 120 valence electrons. The van der Waals surface area contributed by atoms with Crippen LogP contribution >= 0.6 is 0 Å². The lowest BCUT2D eigenvalue weighted by atomic mass is 10.1. The highest BCUT2D eigenvalue weighted by atomic mass is 15.4. The lowest BCUT2D eigenvalue weighted by Crippen LogP contribution is -2.45. The zero-order valence-electron chi connectivity index (χ0n) is 13.7. The number of H-pyrrole nitrogens is 1. The van der Waals surface area contributed by atoms with E-state index < -0.39 is 0 Å². The number of fused-ring (bicyclic) bond motifs is 1. The summed E-state index contributed by atoms with van der Waals surface area (Å²) in [6.07, 6.45) is 1.73. The zero-order valence-corrected chi connectivity index (χ0v) is 13.7. The van der Waals surface area contributed by atoms with Gasteiger partial charge in [0.25, 0.3) is 0 Å². The van der Waals surface area contributed by atoms with Crippen LogP contribution in [0, 0.1) is 19.3 Å². The molecular formula is C19H19N5. The molecule has 0 radical (unpaired) electrons. The minimum atomic E-state index is 0.465. The van der Waals surface area contributed by atoms with Gasteiger partial charge < -0.3 is 9.80 Å². The van der Waals surface area contributed by atoms with Crippen molar-refractivity contribution in [1.82, 2.24) is 10.2 Å². The highest BCUT2D eigenvalue weighted by Crippen LogP contribution is 2.35. The van der Waals surface area contributed by atoms with E-state index in [1.807, 2.05) is 17.0 Å². The van der Waals surface area contributed by atoms with Gasteiger partial charge >= 0.3 is 0 Å². The molecule has 0 spiro atoms. The van der Waals surface area contributed by atoms with Gasteiger partial charge in [-0.25, -0.2) is 0 Å². The Balaban J connectivity index is 1.82. The predicted octanol–water partition coefficient (Wildman–Crippen LogP) is 3.97. The number of hydrogen-bond donors (Lipinski definition) is 2. The molecule has 5 heteroatoms. The highest BCUT2D eigenvalue weighted by Gasteiger charge is 2.30. The summed E-state index contributed by atoms with van der Waals surface area (Å²) < 4.78 is 0. The van der Waals surface area contributed by atoms with Crippen LogP contribution in [0.2, 0.25) is 0 Å². The van der Waals surface area contributed by atoms with E-state index in [4.69, 9.17) is 5.41 Å². The molecule has 24 heavy (non-hydrogen) atoms. The molecular weight excluding hydrogens is 298 g/mol. The lowest BCUT2D eigenvalue weighted by Gasteiger charge is -2.38. The van der Waals surface area contributed by atoms with Crippen molar-refractivity contribution in [2.24, 2.45) is 0 Å². The normalized spacial score (nSPS) is 14.0. The van der Waals surface area contributed by atoms with Gasteiger partial charge in [-0.1, -0.05) is 35.9 Å². The summed E-state index contributed by atoms with van der Waals surface area (Å²) in [7, 11) is 0. The number of anilines is 3. The quantitative estimate of drug-likeness (QED) is 0.752. The molecule has 2 N–H and O–H groups in total. The zero-order chi connectivity index (χ0) is 16.7. The second-order valence-electron chi connectivity index (χ2n) is 6.10. The summed E-state index contributed by atoms with van der Waals surface area (Å²) in [4.78, 5) is 4.18. The first-order valence-electron chi connectivity index (χ1n) is 7.95. The molecule has 0 fully saturated rings. The Labute approximate surface area is 141 Å². The van der Waals surface area contributed by atoms with Crippen molar-refractivity contribution in [3.63, 3.8) is 0 Å². The number of para-hydroxylation sites is 1. The third-order valence-electron chi connectivity index (χ3n) is 4.45. The smallest absolute Gasteiger partial charge is 0.141 e. The Kier molecular flexibility index (Phi) is 3.34. The Bertz CT molecular complexity index is 894. The van der Waals surface area contributed by atoms with Crippen molar-refractivity contribution in [1.29, 1.82) is 5.41 Å². The first-order chi connectivity index (χ1) is 11.6. The number of hydrogen-bond acceptors (Lipinski definition) is 3. The van der Waals surface area contributed by atoms with Gasteiger partial charge in [0.1, 0.15) is 18.3 Å². The number of nitrogens with zero attached hydrogens (tertiary/aromatic N) is 3. The van der Waals surface area contributed by atoms with E-state index in [9.17, 15) is 0 Å². The molecule has 0 saturated heterocycles. The van der Waals surface area contributed by atoms with Crippen molar-refractivity contribution < 1.29 is 0 Å². The lowest BCUT2D eigenvalue weighted by molar-refractivity contribution is 0.890. The maximum atomic E-state index is 8.58. The molecule has 1 aliphatic heterocycles. The molecule has 0 amide bonds. The number of aromatic nitrogens is 2. The molecule has 0 saturated carbocycles. The van der Waals surface area contributed by atoms with E-state index in [2.05, 4.69) is 65.3 Å². The predicted molar refractivity (Wildman–Crippen MR) is 97.3 cm³/mol. The molecule has 0 aliphatic carbocycles. The summed E-state index contributed by atoms with van der Waals surface area (Å²) in [5.41, 5.74) is 5.34. The van der Waals surface area contributed by atoms with Gasteiger partial charge in [0, 0.05) is 11.4 Å². The molecule has 4 rings (SSSR count). The van der Waals surface area contributed by atoms with Crippen LogP contribution in [-0.4, -0.2) is 22.7 Å². The van der Waals surface area contributed by atoms with E-state index in [1.165, 1.54) is 11.1 Å². The molecule has 2 aromatic carbocycles. The van der Waals surface area contributed by atoms with Crippen molar-refractivity contribution >= 4 is 23.0 Å². The van der Waals surface area contributed by atoms with Crippen LogP contribution in [-0.2, 0) is 0 Å². The van der Waals surface area contributed by atoms with E-state index in [-0.39, 0.29) is 0 Å². The van der Waals surface area contributed by atoms with Crippen LogP contribution in [0.15, 0.2) is 54.7 Å².